The van der Waals surface area contributed by atoms with Crippen LogP contribution in [0.25, 0.3) is 0 Å². The number of carbonyl (C=O) groups is 1. The number of rotatable bonds is 3. The van der Waals surface area contributed by atoms with Crippen molar-refractivity contribution in [2.24, 2.45) is 16.8 Å². The highest BCUT2D eigenvalue weighted by Gasteiger charge is 2.26. The highest BCUT2D eigenvalue weighted by Crippen LogP contribution is 2.34. The lowest BCUT2D eigenvalue weighted by Gasteiger charge is -2.30. The molecule has 0 aromatic heterocycles. The van der Waals surface area contributed by atoms with Crippen LogP contribution in [0.3, 0.4) is 0 Å². The number of carbonyl (C=O) groups excluding carboxylic acids is 1. The van der Waals surface area contributed by atoms with Gasteiger partial charge in [-0.2, -0.15) is 5.10 Å². The molecule has 2 amide bonds. The average molecular weight is 299 g/mol. The highest BCUT2D eigenvalue weighted by molar-refractivity contribution is 5.88. The van der Waals surface area contributed by atoms with Crippen LogP contribution < -0.4 is 11.2 Å². The zero-order valence-corrected chi connectivity index (χ0v) is 13.3. The SMILES string of the molecule is CCC(=NNC(N)=O)[C@@H]1CCc2ccc3c(c2C1)CCCC3. The Labute approximate surface area is 132 Å². The molecule has 0 unspecified atom stereocenters. The zero-order chi connectivity index (χ0) is 15.5. The van der Waals surface area contributed by atoms with Gasteiger partial charge in [0.05, 0.1) is 0 Å². The summed E-state index contributed by atoms with van der Waals surface area (Å²) >= 11 is 0. The van der Waals surface area contributed by atoms with Crippen LogP contribution in [-0.4, -0.2) is 11.7 Å². The van der Waals surface area contributed by atoms with Gasteiger partial charge in [0, 0.05) is 11.6 Å². The minimum absolute atomic E-state index is 0.428. The van der Waals surface area contributed by atoms with Crippen molar-refractivity contribution in [1.82, 2.24) is 5.43 Å². The Kier molecular flexibility index (Phi) is 4.46. The second-order valence-electron chi connectivity index (χ2n) is 6.42. The molecule has 0 saturated heterocycles. The predicted molar refractivity (Wildman–Crippen MR) is 89.0 cm³/mol. The summed E-state index contributed by atoms with van der Waals surface area (Å²) < 4.78 is 0. The first kappa shape index (κ1) is 15.1. The summed E-state index contributed by atoms with van der Waals surface area (Å²) in [5.41, 5.74) is 14.9. The average Bonchev–Trinajstić information content (AvgIpc) is 2.55. The van der Waals surface area contributed by atoms with Crippen molar-refractivity contribution < 1.29 is 4.79 Å². The highest BCUT2D eigenvalue weighted by atomic mass is 16.2. The van der Waals surface area contributed by atoms with Gasteiger partial charge in [-0.15, -0.1) is 0 Å². The van der Waals surface area contributed by atoms with Crippen molar-refractivity contribution in [3.8, 4) is 0 Å². The van der Waals surface area contributed by atoms with E-state index in [4.69, 9.17) is 5.73 Å². The molecule has 1 atom stereocenters. The minimum atomic E-state index is -0.584. The number of nitrogens with two attached hydrogens (primary N) is 1. The van der Waals surface area contributed by atoms with E-state index in [2.05, 4.69) is 29.6 Å². The monoisotopic (exact) mass is 299 g/mol. The maximum absolute atomic E-state index is 10.9. The van der Waals surface area contributed by atoms with Gasteiger partial charge in [-0.05, 0) is 73.6 Å². The first-order chi connectivity index (χ1) is 10.7. The van der Waals surface area contributed by atoms with Crippen LogP contribution >= 0.6 is 0 Å². The molecule has 2 aliphatic carbocycles. The number of aryl methyl sites for hydroxylation is 2. The molecule has 1 aromatic carbocycles. The topological polar surface area (TPSA) is 67.5 Å². The minimum Gasteiger partial charge on any atom is -0.350 e. The smallest absolute Gasteiger partial charge is 0.332 e. The second-order valence-corrected chi connectivity index (χ2v) is 6.42. The molecule has 1 aromatic rings. The van der Waals surface area contributed by atoms with Gasteiger partial charge < -0.3 is 5.73 Å². The summed E-state index contributed by atoms with van der Waals surface area (Å²) in [6, 6.07) is 4.09. The summed E-state index contributed by atoms with van der Waals surface area (Å²) in [7, 11) is 0. The lowest BCUT2D eigenvalue weighted by atomic mass is 9.75. The van der Waals surface area contributed by atoms with Gasteiger partial charge in [-0.25, -0.2) is 10.2 Å². The summed E-state index contributed by atoms with van der Waals surface area (Å²) in [4.78, 5) is 10.9. The Morgan fingerprint density at radius 1 is 1.23 bits per heavy atom. The van der Waals surface area contributed by atoms with Gasteiger partial charge in [-0.3, -0.25) is 0 Å². The van der Waals surface area contributed by atoms with E-state index in [0.29, 0.717) is 5.92 Å². The molecule has 3 rings (SSSR count). The van der Waals surface area contributed by atoms with E-state index < -0.39 is 6.03 Å². The van der Waals surface area contributed by atoms with Gasteiger partial charge in [0.2, 0.25) is 0 Å². The van der Waals surface area contributed by atoms with E-state index in [0.717, 1.165) is 31.4 Å². The molecule has 4 nitrogen and oxygen atoms in total. The van der Waals surface area contributed by atoms with Gasteiger partial charge >= 0.3 is 6.03 Å². The third kappa shape index (κ3) is 3.01. The molecule has 2 aliphatic rings. The summed E-state index contributed by atoms with van der Waals surface area (Å²) in [5, 5.41) is 4.24. The number of hydrogen-bond donors (Lipinski definition) is 2. The molecule has 0 aliphatic heterocycles. The van der Waals surface area contributed by atoms with Crippen molar-refractivity contribution in [2.75, 3.05) is 0 Å². The molecule has 0 fully saturated rings. The van der Waals surface area contributed by atoms with Crippen LogP contribution in [0.1, 0.15) is 54.9 Å². The number of amides is 2. The fourth-order valence-electron chi connectivity index (χ4n) is 3.99. The van der Waals surface area contributed by atoms with Crippen LogP contribution in [0.4, 0.5) is 4.79 Å². The van der Waals surface area contributed by atoms with Crippen LogP contribution in [0.15, 0.2) is 17.2 Å². The van der Waals surface area contributed by atoms with Crippen LogP contribution in [-0.2, 0) is 25.7 Å². The molecule has 0 saturated carbocycles. The van der Waals surface area contributed by atoms with Crippen LogP contribution in [0, 0.1) is 5.92 Å². The Morgan fingerprint density at radius 3 is 2.68 bits per heavy atom. The van der Waals surface area contributed by atoms with Crippen LogP contribution in [0.2, 0.25) is 0 Å². The first-order valence-electron chi connectivity index (χ1n) is 8.43. The molecule has 0 radical (unpaired) electrons. The molecule has 0 heterocycles. The van der Waals surface area contributed by atoms with E-state index in [-0.39, 0.29) is 0 Å². The van der Waals surface area contributed by atoms with Crippen molar-refractivity contribution in [3.63, 3.8) is 0 Å². The Hall–Kier alpha value is -1.84. The zero-order valence-electron chi connectivity index (χ0n) is 13.3. The van der Waals surface area contributed by atoms with E-state index in [1.54, 1.807) is 16.7 Å². The summed E-state index contributed by atoms with van der Waals surface area (Å²) in [6.07, 6.45) is 9.22. The molecule has 118 valence electrons. The molecule has 4 heteroatoms. The van der Waals surface area contributed by atoms with Gasteiger partial charge in [0.1, 0.15) is 0 Å². The Bertz CT molecular complexity index is 607. The maximum Gasteiger partial charge on any atom is 0.332 e. The largest absolute Gasteiger partial charge is 0.350 e. The number of hydrogen-bond acceptors (Lipinski definition) is 2. The quantitative estimate of drug-likeness (QED) is 0.653. The lowest BCUT2D eigenvalue weighted by Crippen LogP contribution is -2.30. The van der Waals surface area contributed by atoms with Gasteiger partial charge in [-0.1, -0.05) is 19.1 Å². The number of hydrazone groups is 1. The number of urea groups is 1. The molecular weight excluding hydrogens is 274 g/mol. The predicted octanol–water partition coefficient (Wildman–Crippen LogP) is 3.10. The van der Waals surface area contributed by atoms with Gasteiger partial charge in [0.25, 0.3) is 0 Å². The van der Waals surface area contributed by atoms with Crippen LogP contribution in [0.5, 0.6) is 0 Å². The third-order valence-electron chi connectivity index (χ3n) is 5.10. The van der Waals surface area contributed by atoms with Crippen molar-refractivity contribution in [1.29, 1.82) is 0 Å². The molecule has 0 spiro atoms. The normalized spacial score (nSPS) is 21.0. The number of nitrogens with zero attached hydrogens (tertiary/aromatic N) is 1. The Morgan fingerprint density at radius 2 is 1.95 bits per heavy atom. The summed E-state index contributed by atoms with van der Waals surface area (Å²) in [6.45, 7) is 2.09. The fraction of sp³-hybridized carbons (Fsp3) is 0.556. The van der Waals surface area contributed by atoms with E-state index in [1.165, 1.54) is 31.2 Å². The van der Waals surface area contributed by atoms with E-state index in [9.17, 15) is 4.79 Å². The number of primary amides is 1. The molecule has 0 bridgehead atoms. The fourth-order valence-corrected chi connectivity index (χ4v) is 3.99. The molecular formula is C18H25N3O. The Balaban J connectivity index is 1.86. The third-order valence-corrected chi connectivity index (χ3v) is 5.10. The number of fused-ring (bicyclic) bond motifs is 3. The van der Waals surface area contributed by atoms with Crippen molar-refractivity contribution in [3.05, 3.63) is 34.4 Å². The van der Waals surface area contributed by atoms with Gasteiger partial charge in [0.15, 0.2) is 0 Å². The number of benzene rings is 1. The van der Waals surface area contributed by atoms with E-state index >= 15 is 0 Å². The van der Waals surface area contributed by atoms with E-state index in [1.807, 2.05) is 0 Å². The van der Waals surface area contributed by atoms with Crippen molar-refractivity contribution in [2.45, 2.75) is 58.3 Å². The maximum atomic E-state index is 10.9. The second kappa shape index (κ2) is 6.51. The molecule has 22 heavy (non-hydrogen) atoms. The number of nitrogens with one attached hydrogen (secondary N) is 1. The first-order valence-corrected chi connectivity index (χ1v) is 8.43. The summed E-state index contributed by atoms with van der Waals surface area (Å²) in [5.74, 6) is 0.428. The van der Waals surface area contributed by atoms with Crippen molar-refractivity contribution >= 4 is 11.7 Å². The molecule has 3 N–H and O–H groups in total. The standard InChI is InChI=1S/C18H25N3O/c1-2-17(20-21-18(19)22)14-10-9-13-8-7-12-5-3-4-6-15(12)16(13)11-14/h7-8,14H,2-6,9-11H2,1H3,(H3,19,21,22)/t14-/m1/s1. The lowest BCUT2D eigenvalue weighted by molar-refractivity contribution is 0.249.